The maximum atomic E-state index is 12.3. The fourth-order valence-corrected chi connectivity index (χ4v) is 3.09. The minimum absolute atomic E-state index is 0.0387. The van der Waals surface area contributed by atoms with Crippen LogP contribution < -0.4 is 10.6 Å². The minimum Gasteiger partial charge on any atom is -0.351 e. The molecule has 1 saturated heterocycles. The first kappa shape index (κ1) is 14.4. The van der Waals surface area contributed by atoms with E-state index in [1.807, 2.05) is 30.5 Å². The lowest BCUT2D eigenvalue weighted by Gasteiger charge is -2.34. The Balaban J connectivity index is 1.97. The molecule has 19 heavy (non-hydrogen) atoms. The van der Waals surface area contributed by atoms with Gasteiger partial charge in [-0.3, -0.25) is 4.79 Å². The molecule has 1 heterocycles. The van der Waals surface area contributed by atoms with Gasteiger partial charge in [-0.15, -0.1) is 11.8 Å². The molecule has 0 bridgehead atoms. The van der Waals surface area contributed by atoms with E-state index in [1.165, 1.54) is 12.8 Å². The molecule has 1 amide bonds. The highest BCUT2D eigenvalue weighted by Gasteiger charge is 2.27. The zero-order valence-corrected chi connectivity index (χ0v) is 12.5. The van der Waals surface area contributed by atoms with Gasteiger partial charge in [0, 0.05) is 18.0 Å². The van der Waals surface area contributed by atoms with Crippen LogP contribution in [-0.2, 0) is 0 Å². The van der Waals surface area contributed by atoms with Gasteiger partial charge in [0.2, 0.25) is 0 Å². The predicted octanol–water partition coefficient (Wildman–Crippen LogP) is 2.53. The van der Waals surface area contributed by atoms with Crippen molar-refractivity contribution in [2.24, 2.45) is 5.41 Å². The van der Waals surface area contributed by atoms with Crippen molar-refractivity contribution >= 4 is 17.7 Å². The molecule has 4 heteroatoms. The van der Waals surface area contributed by atoms with Crippen LogP contribution in [0.2, 0.25) is 0 Å². The van der Waals surface area contributed by atoms with Crippen molar-refractivity contribution < 1.29 is 4.79 Å². The molecule has 1 aliphatic rings. The zero-order valence-electron chi connectivity index (χ0n) is 11.7. The van der Waals surface area contributed by atoms with Gasteiger partial charge < -0.3 is 10.6 Å². The van der Waals surface area contributed by atoms with Gasteiger partial charge in [0.05, 0.1) is 5.56 Å². The third-order valence-electron chi connectivity index (χ3n) is 3.71. The number of hydrogen-bond acceptors (Lipinski definition) is 3. The fraction of sp³-hybridized carbons (Fsp3) is 0.533. The highest BCUT2D eigenvalue weighted by Crippen LogP contribution is 2.25. The maximum absolute atomic E-state index is 12.3. The number of piperidine rings is 1. The number of benzene rings is 1. The first-order chi connectivity index (χ1) is 9.14. The second-order valence-electron chi connectivity index (χ2n) is 5.47. The lowest BCUT2D eigenvalue weighted by atomic mass is 9.83. The third kappa shape index (κ3) is 3.74. The normalized spacial score (nSPS) is 23.1. The van der Waals surface area contributed by atoms with Gasteiger partial charge in [-0.05, 0) is 43.2 Å². The van der Waals surface area contributed by atoms with E-state index in [-0.39, 0.29) is 11.3 Å². The van der Waals surface area contributed by atoms with E-state index < -0.39 is 0 Å². The number of amides is 1. The Bertz CT molecular complexity index is 442. The predicted molar refractivity (Wildman–Crippen MR) is 80.8 cm³/mol. The maximum Gasteiger partial charge on any atom is 0.252 e. The van der Waals surface area contributed by atoms with Crippen LogP contribution in [0.25, 0.3) is 0 Å². The van der Waals surface area contributed by atoms with Crippen LogP contribution in [0.15, 0.2) is 29.2 Å². The van der Waals surface area contributed by atoms with Crippen LogP contribution >= 0.6 is 11.8 Å². The summed E-state index contributed by atoms with van der Waals surface area (Å²) in [5.74, 6) is 0.0387. The first-order valence-electron chi connectivity index (χ1n) is 6.77. The summed E-state index contributed by atoms with van der Waals surface area (Å²) >= 11 is 1.61. The van der Waals surface area contributed by atoms with Gasteiger partial charge in [0.1, 0.15) is 0 Å². The van der Waals surface area contributed by atoms with E-state index in [1.54, 1.807) is 11.8 Å². The summed E-state index contributed by atoms with van der Waals surface area (Å²) < 4.78 is 0. The molecule has 1 aliphatic heterocycles. The standard InChI is InChI=1S/C15H22N2OS/c1-15(8-5-9-16-10-15)11-17-14(18)12-6-3-4-7-13(12)19-2/h3-4,6-7,16H,5,8-11H2,1-2H3,(H,17,18). The monoisotopic (exact) mass is 278 g/mol. The summed E-state index contributed by atoms with van der Waals surface area (Å²) in [6.07, 6.45) is 4.36. The molecule has 1 atom stereocenters. The van der Waals surface area contributed by atoms with Gasteiger partial charge in [-0.1, -0.05) is 19.1 Å². The fourth-order valence-electron chi connectivity index (χ4n) is 2.49. The highest BCUT2D eigenvalue weighted by atomic mass is 32.2. The van der Waals surface area contributed by atoms with Crippen LogP contribution in [-0.4, -0.2) is 31.8 Å². The molecule has 1 unspecified atom stereocenters. The third-order valence-corrected chi connectivity index (χ3v) is 4.51. The summed E-state index contributed by atoms with van der Waals surface area (Å²) in [5, 5.41) is 6.50. The van der Waals surface area contributed by atoms with Crippen LogP contribution in [0.4, 0.5) is 0 Å². The van der Waals surface area contributed by atoms with Gasteiger partial charge in [-0.25, -0.2) is 0 Å². The molecule has 1 aromatic rings. The smallest absolute Gasteiger partial charge is 0.252 e. The quantitative estimate of drug-likeness (QED) is 0.832. The van der Waals surface area contributed by atoms with Crippen LogP contribution in [0.1, 0.15) is 30.1 Å². The Morgan fingerprint density at radius 3 is 2.95 bits per heavy atom. The topological polar surface area (TPSA) is 41.1 Å². The molecular formula is C15H22N2OS. The van der Waals surface area contributed by atoms with E-state index in [9.17, 15) is 4.79 Å². The molecule has 0 saturated carbocycles. The van der Waals surface area contributed by atoms with Crippen molar-refractivity contribution in [2.45, 2.75) is 24.7 Å². The van der Waals surface area contributed by atoms with E-state index >= 15 is 0 Å². The van der Waals surface area contributed by atoms with Gasteiger partial charge in [0.15, 0.2) is 0 Å². The van der Waals surface area contributed by atoms with Crippen molar-refractivity contribution in [1.82, 2.24) is 10.6 Å². The summed E-state index contributed by atoms with van der Waals surface area (Å²) in [6.45, 7) is 5.05. The first-order valence-corrected chi connectivity index (χ1v) is 7.99. The molecule has 2 rings (SSSR count). The molecule has 0 spiro atoms. The molecule has 0 aliphatic carbocycles. The largest absolute Gasteiger partial charge is 0.351 e. The van der Waals surface area contributed by atoms with Crippen molar-refractivity contribution in [3.63, 3.8) is 0 Å². The second-order valence-corrected chi connectivity index (χ2v) is 6.32. The molecule has 0 radical (unpaired) electrons. The summed E-state index contributed by atoms with van der Waals surface area (Å²) in [6, 6.07) is 7.76. The SMILES string of the molecule is CSc1ccccc1C(=O)NCC1(C)CCCNC1. The van der Waals surface area contributed by atoms with Crippen molar-refractivity contribution in [2.75, 3.05) is 25.9 Å². The second kappa shape index (κ2) is 6.44. The van der Waals surface area contributed by atoms with Crippen LogP contribution in [0.5, 0.6) is 0 Å². The lowest BCUT2D eigenvalue weighted by molar-refractivity contribution is 0.0922. The lowest BCUT2D eigenvalue weighted by Crippen LogP contribution is -2.45. The van der Waals surface area contributed by atoms with Crippen LogP contribution in [0, 0.1) is 5.41 Å². The van der Waals surface area contributed by atoms with Gasteiger partial charge in [-0.2, -0.15) is 0 Å². The van der Waals surface area contributed by atoms with Crippen LogP contribution in [0.3, 0.4) is 0 Å². The van der Waals surface area contributed by atoms with E-state index in [0.29, 0.717) is 0 Å². The Morgan fingerprint density at radius 1 is 1.47 bits per heavy atom. The number of hydrogen-bond donors (Lipinski definition) is 2. The minimum atomic E-state index is 0.0387. The summed E-state index contributed by atoms with van der Waals surface area (Å²) in [7, 11) is 0. The van der Waals surface area contributed by atoms with Crippen molar-refractivity contribution in [1.29, 1.82) is 0 Å². The average molecular weight is 278 g/mol. The molecular weight excluding hydrogens is 256 g/mol. The van der Waals surface area contributed by atoms with E-state index in [2.05, 4.69) is 17.6 Å². The Labute approximate surface area is 119 Å². The highest BCUT2D eigenvalue weighted by molar-refractivity contribution is 7.98. The Morgan fingerprint density at radius 2 is 2.26 bits per heavy atom. The molecule has 2 N–H and O–H groups in total. The molecule has 1 fully saturated rings. The molecule has 104 valence electrons. The number of rotatable bonds is 4. The zero-order chi connectivity index (χ0) is 13.7. The summed E-state index contributed by atoms with van der Waals surface area (Å²) in [4.78, 5) is 13.3. The van der Waals surface area contributed by atoms with Crippen molar-refractivity contribution in [3.8, 4) is 0 Å². The average Bonchev–Trinajstić information content (AvgIpc) is 2.45. The Hall–Kier alpha value is -1.00. The van der Waals surface area contributed by atoms with Crippen molar-refractivity contribution in [3.05, 3.63) is 29.8 Å². The molecule has 0 aromatic heterocycles. The number of thioether (sulfide) groups is 1. The number of carbonyl (C=O) groups is 1. The molecule has 3 nitrogen and oxygen atoms in total. The van der Waals surface area contributed by atoms with Gasteiger partial charge >= 0.3 is 0 Å². The summed E-state index contributed by atoms with van der Waals surface area (Å²) in [5.41, 5.74) is 0.963. The van der Waals surface area contributed by atoms with Gasteiger partial charge in [0.25, 0.3) is 5.91 Å². The molecule has 1 aromatic carbocycles. The van der Waals surface area contributed by atoms with E-state index in [4.69, 9.17) is 0 Å². The Kier molecular flexibility index (Phi) is 4.88. The number of nitrogens with one attached hydrogen (secondary N) is 2. The number of carbonyl (C=O) groups excluding carboxylic acids is 1. The van der Waals surface area contributed by atoms with E-state index in [0.717, 1.165) is 30.1 Å².